The van der Waals surface area contributed by atoms with E-state index in [4.69, 9.17) is 4.74 Å². The number of ether oxygens (including phenoxy) is 1. The van der Waals surface area contributed by atoms with Crippen molar-refractivity contribution in [3.05, 3.63) is 59.4 Å². The molecule has 0 bridgehead atoms. The lowest BCUT2D eigenvalue weighted by Crippen LogP contribution is -2.45. The van der Waals surface area contributed by atoms with Crippen molar-refractivity contribution in [3.8, 4) is 5.75 Å². The van der Waals surface area contributed by atoms with Gasteiger partial charge in [0, 0.05) is 37.4 Å². The molecule has 1 aromatic heterocycles. The van der Waals surface area contributed by atoms with E-state index in [1.54, 1.807) is 7.11 Å². The summed E-state index contributed by atoms with van der Waals surface area (Å²) in [5.74, 6) is 0.957. The molecular weight excluding hydrogens is 274 g/mol. The van der Waals surface area contributed by atoms with Crippen molar-refractivity contribution in [1.29, 1.82) is 0 Å². The number of aryl methyl sites for hydroxylation is 1. The van der Waals surface area contributed by atoms with Crippen molar-refractivity contribution < 1.29 is 4.74 Å². The molecule has 1 aromatic carbocycles. The summed E-state index contributed by atoms with van der Waals surface area (Å²) in [4.78, 5) is 7.13. The van der Waals surface area contributed by atoms with Crippen LogP contribution in [0.5, 0.6) is 5.75 Å². The number of nitrogens with one attached hydrogen (secondary N) is 1. The number of methoxy groups -OCH3 is 1. The summed E-state index contributed by atoms with van der Waals surface area (Å²) in [6.45, 7) is 5.87. The smallest absolute Gasteiger partial charge is 0.123 e. The lowest BCUT2D eigenvalue weighted by atomic mass is 10.0. The Bertz CT molecular complexity index is 629. The van der Waals surface area contributed by atoms with E-state index >= 15 is 0 Å². The highest BCUT2D eigenvalue weighted by atomic mass is 16.5. The van der Waals surface area contributed by atoms with Crippen LogP contribution >= 0.6 is 0 Å². The molecule has 4 nitrogen and oxygen atoms in total. The molecule has 0 saturated carbocycles. The number of hydrogen-bond acceptors (Lipinski definition) is 4. The highest BCUT2D eigenvalue weighted by molar-refractivity contribution is 5.36. The van der Waals surface area contributed by atoms with Gasteiger partial charge in [-0.25, -0.2) is 0 Å². The van der Waals surface area contributed by atoms with Crippen LogP contribution in [0.3, 0.4) is 0 Å². The SMILES string of the molecule is COc1ccccc1[C@H]1CNCCN1Cc1cccc(C)n1. The molecule has 2 aromatic rings. The minimum Gasteiger partial charge on any atom is -0.496 e. The molecule has 22 heavy (non-hydrogen) atoms. The Hall–Kier alpha value is -1.91. The average molecular weight is 297 g/mol. The van der Waals surface area contributed by atoms with Crippen molar-refractivity contribution in [2.75, 3.05) is 26.7 Å². The zero-order valence-electron chi connectivity index (χ0n) is 13.2. The number of hydrogen-bond donors (Lipinski definition) is 1. The van der Waals surface area contributed by atoms with Gasteiger partial charge in [-0.3, -0.25) is 9.88 Å². The Morgan fingerprint density at radius 1 is 1.23 bits per heavy atom. The lowest BCUT2D eigenvalue weighted by molar-refractivity contribution is 0.149. The summed E-state index contributed by atoms with van der Waals surface area (Å²) < 4.78 is 5.55. The first-order valence-corrected chi connectivity index (χ1v) is 7.78. The van der Waals surface area contributed by atoms with E-state index < -0.39 is 0 Å². The average Bonchev–Trinajstić information content (AvgIpc) is 2.55. The third-order valence-electron chi connectivity index (χ3n) is 4.16. The molecule has 1 N–H and O–H groups in total. The van der Waals surface area contributed by atoms with Crippen molar-refractivity contribution >= 4 is 0 Å². The van der Waals surface area contributed by atoms with Crippen LogP contribution in [-0.2, 0) is 6.54 Å². The molecule has 2 heterocycles. The molecule has 4 heteroatoms. The van der Waals surface area contributed by atoms with Crippen LogP contribution in [0.4, 0.5) is 0 Å². The first kappa shape index (κ1) is 15.0. The van der Waals surface area contributed by atoms with E-state index in [9.17, 15) is 0 Å². The first-order valence-electron chi connectivity index (χ1n) is 7.78. The van der Waals surface area contributed by atoms with Crippen LogP contribution in [0.15, 0.2) is 42.5 Å². The minimum absolute atomic E-state index is 0.312. The topological polar surface area (TPSA) is 37.4 Å². The lowest BCUT2D eigenvalue weighted by Gasteiger charge is -2.36. The van der Waals surface area contributed by atoms with Gasteiger partial charge in [-0.05, 0) is 25.1 Å². The molecule has 0 radical (unpaired) electrons. The molecule has 3 rings (SSSR count). The van der Waals surface area contributed by atoms with Crippen molar-refractivity contribution in [3.63, 3.8) is 0 Å². The Labute approximate surface area is 132 Å². The maximum atomic E-state index is 5.55. The molecule has 1 fully saturated rings. The predicted molar refractivity (Wildman–Crippen MR) is 88.0 cm³/mol. The van der Waals surface area contributed by atoms with E-state index in [0.29, 0.717) is 6.04 Å². The van der Waals surface area contributed by atoms with Crippen molar-refractivity contribution in [2.24, 2.45) is 0 Å². The van der Waals surface area contributed by atoms with Gasteiger partial charge >= 0.3 is 0 Å². The summed E-state index contributed by atoms with van der Waals surface area (Å²) in [6.07, 6.45) is 0. The summed E-state index contributed by atoms with van der Waals surface area (Å²) >= 11 is 0. The maximum Gasteiger partial charge on any atom is 0.123 e. The molecule has 116 valence electrons. The van der Waals surface area contributed by atoms with Crippen LogP contribution < -0.4 is 10.1 Å². The number of piperazine rings is 1. The fraction of sp³-hybridized carbons (Fsp3) is 0.389. The summed E-state index contributed by atoms with van der Waals surface area (Å²) in [7, 11) is 1.74. The Kier molecular flexibility index (Phi) is 4.71. The molecule has 1 aliphatic heterocycles. The monoisotopic (exact) mass is 297 g/mol. The van der Waals surface area contributed by atoms with Crippen LogP contribution in [0.2, 0.25) is 0 Å². The zero-order chi connectivity index (χ0) is 15.4. The van der Waals surface area contributed by atoms with Gasteiger partial charge in [-0.2, -0.15) is 0 Å². The van der Waals surface area contributed by atoms with Crippen LogP contribution in [-0.4, -0.2) is 36.6 Å². The number of benzene rings is 1. The third kappa shape index (κ3) is 3.29. The number of pyridine rings is 1. The highest BCUT2D eigenvalue weighted by Gasteiger charge is 2.26. The Morgan fingerprint density at radius 2 is 2.09 bits per heavy atom. The Balaban J connectivity index is 1.85. The van der Waals surface area contributed by atoms with Gasteiger partial charge in [0.05, 0.1) is 18.8 Å². The molecule has 1 atom stereocenters. The van der Waals surface area contributed by atoms with Gasteiger partial charge < -0.3 is 10.1 Å². The number of aromatic nitrogens is 1. The second-order valence-electron chi connectivity index (χ2n) is 5.70. The van der Waals surface area contributed by atoms with Gasteiger partial charge in [0.25, 0.3) is 0 Å². The molecule has 1 aliphatic rings. The number of para-hydroxylation sites is 1. The fourth-order valence-electron chi connectivity index (χ4n) is 3.08. The van der Waals surface area contributed by atoms with E-state index in [0.717, 1.165) is 43.3 Å². The standard InChI is InChI=1S/C18H23N3O/c1-14-6-5-7-15(20-14)13-21-11-10-19-12-17(21)16-8-3-4-9-18(16)22-2/h3-9,17,19H,10-13H2,1-2H3/t17-/m1/s1. The largest absolute Gasteiger partial charge is 0.496 e. The third-order valence-corrected chi connectivity index (χ3v) is 4.16. The fourth-order valence-corrected chi connectivity index (χ4v) is 3.08. The minimum atomic E-state index is 0.312. The van der Waals surface area contributed by atoms with Gasteiger partial charge in [0.15, 0.2) is 0 Å². The maximum absolute atomic E-state index is 5.55. The number of nitrogens with zero attached hydrogens (tertiary/aromatic N) is 2. The van der Waals surface area contributed by atoms with E-state index in [1.807, 2.05) is 25.1 Å². The predicted octanol–water partition coefficient (Wildman–Crippen LogP) is 2.55. The van der Waals surface area contributed by atoms with Crippen molar-refractivity contribution in [1.82, 2.24) is 15.2 Å². The first-order chi connectivity index (χ1) is 10.8. The van der Waals surface area contributed by atoms with Crippen LogP contribution in [0.1, 0.15) is 23.0 Å². The summed E-state index contributed by atoms with van der Waals surface area (Å²) in [5.41, 5.74) is 3.44. The Morgan fingerprint density at radius 3 is 2.91 bits per heavy atom. The van der Waals surface area contributed by atoms with E-state index in [2.05, 4.69) is 39.5 Å². The van der Waals surface area contributed by atoms with E-state index in [-0.39, 0.29) is 0 Å². The molecule has 0 unspecified atom stereocenters. The molecule has 0 spiro atoms. The van der Waals surface area contributed by atoms with Gasteiger partial charge in [-0.1, -0.05) is 24.3 Å². The normalized spacial score (nSPS) is 19.1. The van der Waals surface area contributed by atoms with Gasteiger partial charge in [0.2, 0.25) is 0 Å². The second kappa shape index (κ2) is 6.90. The molecular formula is C18H23N3O. The zero-order valence-corrected chi connectivity index (χ0v) is 13.2. The summed E-state index contributed by atoms with van der Waals surface area (Å²) in [6, 6.07) is 14.8. The van der Waals surface area contributed by atoms with Gasteiger partial charge in [0.1, 0.15) is 5.75 Å². The second-order valence-corrected chi connectivity index (χ2v) is 5.70. The highest BCUT2D eigenvalue weighted by Crippen LogP contribution is 2.30. The van der Waals surface area contributed by atoms with Gasteiger partial charge in [-0.15, -0.1) is 0 Å². The number of rotatable bonds is 4. The molecule has 0 aliphatic carbocycles. The molecule has 1 saturated heterocycles. The van der Waals surface area contributed by atoms with Crippen LogP contribution in [0.25, 0.3) is 0 Å². The van der Waals surface area contributed by atoms with Crippen molar-refractivity contribution in [2.45, 2.75) is 19.5 Å². The van der Waals surface area contributed by atoms with E-state index in [1.165, 1.54) is 5.56 Å². The summed E-state index contributed by atoms with van der Waals surface area (Å²) in [5, 5.41) is 3.49. The molecule has 0 amide bonds. The quantitative estimate of drug-likeness (QED) is 0.941. The van der Waals surface area contributed by atoms with Crippen LogP contribution in [0, 0.1) is 6.92 Å².